The molecule has 2 aromatic rings. The Labute approximate surface area is 156 Å². The van der Waals surface area contributed by atoms with Gasteiger partial charge in [0.05, 0.1) is 11.9 Å². The molecule has 2 heterocycles. The molecule has 2 aliphatic rings. The first-order chi connectivity index (χ1) is 13.3. The zero-order valence-electron chi connectivity index (χ0n) is 14.4. The summed E-state index contributed by atoms with van der Waals surface area (Å²) in [6.07, 6.45) is 2.25. The molecule has 1 aromatic carbocycles. The van der Waals surface area contributed by atoms with Crippen LogP contribution in [0.1, 0.15) is 29.8 Å². The smallest absolute Gasteiger partial charge is 0.275 e. The highest BCUT2D eigenvalue weighted by Gasteiger charge is 2.52. The predicted octanol–water partition coefficient (Wildman–Crippen LogP) is 0.147. The molecule has 2 atom stereocenters. The summed E-state index contributed by atoms with van der Waals surface area (Å²) in [5.74, 6) is -5.22. The van der Waals surface area contributed by atoms with Crippen molar-refractivity contribution in [3.8, 4) is 5.69 Å². The van der Waals surface area contributed by atoms with E-state index in [-0.39, 0.29) is 23.3 Å². The Morgan fingerprint density at radius 3 is 2.54 bits per heavy atom. The first kappa shape index (κ1) is 18.2. The molecule has 2 unspecified atom stereocenters. The van der Waals surface area contributed by atoms with Crippen molar-refractivity contribution >= 4 is 11.9 Å². The van der Waals surface area contributed by atoms with Crippen LogP contribution in [0.5, 0.6) is 0 Å². The number of rotatable bonds is 4. The van der Waals surface area contributed by atoms with Gasteiger partial charge in [-0.25, -0.2) is 18.2 Å². The molecule has 9 nitrogen and oxygen atoms in total. The minimum Gasteiger partial charge on any atom is -0.370 e. The lowest BCUT2D eigenvalue weighted by atomic mass is 9.74. The zero-order chi connectivity index (χ0) is 20.1. The molecule has 12 heteroatoms. The zero-order valence-corrected chi connectivity index (χ0v) is 14.4. The van der Waals surface area contributed by atoms with Crippen LogP contribution in [-0.2, 0) is 0 Å². The molecule has 0 radical (unpaired) electrons. The van der Waals surface area contributed by atoms with Crippen molar-refractivity contribution in [2.75, 3.05) is 0 Å². The van der Waals surface area contributed by atoms with Crippen LogP contribution >= 0.6 is 0 Å². The van der Waals surface area contributed by atoms with Gasteiger partial charge in [0.2, 0.25) is 0 Å². The van der Waals surface area contributed by atoms with Crippen LogP contribution in [0.2, 0.25) is 0 Å². The minimum atomic E-state index is -1.62. The number of nitrogens with zero attached hydrogens (tertiary/aromatic N) is 4. The highest BCUT2D eigenvalue weighted by atomic mass is 19.2. The molecule has 0 bridgehead atoms. The van der Waals surface area contributed by atoms with Crippen LogP contribution in [0, 0.1) is 23.4 Å². The first-order valence-electron chi connectivity index (χ1n) is 8.49. The predicted molar refractivity (Wildman–Crippen MR) is 89.5 cm³/mol. The molecule has 148 valence electrons. The fourth-order valence-electron chi connectivity index (χ4n) is 3.32. The second kappa shape index (κ2) is 6.48. The van der Waals surface area contributed by atoms with Crippen LogP contribution < -0.4 is 16.4 Å². The number of aliphatic hydroxyl groups is 1. The number of aromatic nitrogens is 3. The number of benzene rings is 1. The molecule has 1 amide bonds. The lowest BCUT2D eigenvalue weighted by Crippen LogP contribution is -2.69. The van der Waals surface area contributed by atoms with Gasteiger partial charge in [-0.2, -0.15) is 9.90 Å². The summed E-state index contributed by atoms with van der Waals surface area (Å²) in [5, 5.41) is 23.5. The van der Waals surface area contributed by atoms with Gasteiger partial charge in [-0.05, 0) is 12.8 Å². The molecule has 1 aromatic heterocycles. The Balaban J connectivity index is 1.58. The number of amides is 1. The first-order valence-corrected chi connectivity index (χ1v) is 8.49. The molecule has 5 N–H and O–H groups in total. The van der Waals surface area contributed by atoms with Crippen molar-refractivity contribution in [2.45, 2.75) is 31.2 Å². The maximum atomic E-state index is 13.4. The van der Waals surface area contributed by atoms with Crippen LogP contribution in [0.25, 0.3) is 5.69 Å². The SMILES string of the molecule is NC1=NC(O)C(NC(=O)c2cnn(-c3cc(F)c(F)c(F)c3)n2)(C2CCC2)N1. The summed E-state index contributed by atoms with van der Waals surface area (Å²) >= 11 is 0. The van der Waals surface area contributed by atoms with Gasteiger partial charge in [0, 0.05) is 18.1 Å². The number of hydrogen-bond donors (Lipinski definition) is 4. The van der Waals surface area contributed by atoms with Gasteiger partial charge >= 0.3 is 0 Å². The summed E-state index contributed by atoms with van der Waals surface area (Å²) in [7, 11) is 0. The standard InChI is InChI=1S/C16H16F3N7O2/c17-9-4-8(5-10(18)12(9)19)26-21-6-11(25-26)13(27)23-16(7-2-1-3-7)14(28)22-15(20)24-16/h4-7,14,28H,1-3H2,(H,23,27)(H3,20,22,24). The minimum absolute atomic E-state index is 0.000571. The monoisotopic (exact) mass is 395 g/mol. The number of halogens is 3. The number of nitrogens with two attached hydrogens (primary N) is 1. The summed E-state index contributed by atoms with van der Waals surface area (Å²) in [6.45, 7) is 0. The normalized spacial score (nSPS) is 24.4. The Hall–Kier alpha value is -3.15. The maximum absolute atomic E-state index is 13.4. The summed E-state index contributed by atoms with van der Waals surface area (Å²) < 4.78 is 39.9. The van der Waals surface area contributed by atoms with E-state index < -0.39 is 35.2 Å². The van der Waals surface area contributed by atoms with Gasteiger partial charge in [-0.1, -0.05) is 6.42 Å². The van der Waals surface area contributed by atoms with Gasteiger partial charge in [-0.15, -0.1) is 5.10 Å². The Morgan fingerprint density at radius 2 is 2.00 bits per heavy atom. The molecule has 1 aliphatic carbocycles. The highest BCUT2D eigenvalue weighted by Crippen LogP contribution is 2.38. The van der Waals surface area contributed by atoms with Crippen LogP contribution in [-0.4, -0.2) is 43.9 Å². The maximum Gasteiger partial charge on any atom is 0.275 e. The molecule has 0 saturated heterocycles. The molecule has 28 heavy (non-hydrogen) atoms. The molecular weight excluding hydrogens is 379 g/mol. The molecule has 4 rings (SSSR count). The van der Waals surface area contributed by atoms with E-state index in [4.69, 9.17) is 5.73 Å². The van der Waals surface area contributed by atoms with E-state index in [0.29, 0.717) is 12.1 Å². The molecule has 1 saturated carbocycles. The molecule has 0 spiro atoms. The van der Waals surface area contributed by atoms with Crippen LogP contribution in [0.4, 0.5) is 13.2 Å². The third-order valence-electron chi connectivity index (χ3n) is 5.00. The largest absolute Gasteiger partial charge is 0.370 e. The number of hydrogen-bond acceptors (Lipinski definition) is 7. The van der Waals surface area contributed by atoms with E-state index in [1.165, 1.54) is 0 Å². The summed E-state index contributed by atoms with van der Waals surface area (Å²) in [5.41, 5.74) is 4.00. The fraction of sp³-hybridized carbons (Fsp3) is 0.375. The van der Waals surface area contributed by atoms with Crippen molar-refractivity contribution in [1.29, 1.82) is 0 Å². The van der Waals surface area contributed by atoms with E-state index in [1.54, 1.807) is 0 Å². The highest BCUT2D eigenvalue weighted by molar-refractivity contribution is 5.93. The average Bonchev–Trinajstić information content (AvgIpc) is 3.16. The molecular formula is C16H16F3N7O2. The van der Waals surface area contributed by atoms with Crippen molar-refractivity contribution in [2.24, 2.45) is 16.6 Å². The van der Waals surface area contributed by atoms with Crippen molar-refractivity contribution in [1.82, 2.24) is 25.6 Å². The number of carbonyl (C=O) groups excluding carboxylic acids is 1. The third kappa shape index (κ3) is 2.85. The molecule has 1 aliphatic heterocycles. The number of aliphatic hydroxyl groups excluding tert-OH is 1. The van der Waals surface area contributed by atoms with E-state index in [0.717, 1.165) is 30.3 Å². The number of guanidine groups is 1. The van der Waals surface area contributed by atoms with Gasteiger partial charge in [0.25, 0.3) is 5.91 Å². The van der Waals surface area contributed by atoms with Crippen LogP contribution in [0.3, 0.4) is 0 Å². The van der Waals surface area contributed by atoms with E-state index in [1.807, 2.05) is 0 Å². The lowest BCUT2D eigenvalue weighted by molar-refractivity contribution is -0.000275. The van der Waals surface area contributed by atoms with Crippen molar-refractivity contribution < 1.29 is 23.1 Å². The number of nitrogens with one attached hydrogen (secondary N) is 2. The summed E-state index contributed by atoms with van der Waals surface area (Å²) in [4.78, 5) is 17.3. The molecule has 1 fully saturated rings. The average molecular weight is 395 g/mol. The quantitative estimate of drug-likeness (QED) is 0.545. The van der Waals surface area contributed by atoms with Crippen molar-refractivity contribution in [3.05, 3.63) is 41.5 Å². The van der Waals surface area contributed by atoms with Crippen molar-refractivity contribution in [3.63, 3.8) is 0 Å². The lowest BCUT2D eigenvalue weighted by Gasteiger charge is -2.44. The summed E-state index contributed by atoms with van der Waals surface area (Å²) in [6, 6.07) is 1.40. The fourth-order valence-corrected chi connectivity index (χ4v) is 3.32. The number of carbonyl (C=O) groups is 1. The van der Waals surface area contributed by atoms with Gasteiger partial charge in [0.1, 0.15) is 0 Å². The second-order valence-corrected chi connectivity index (χ2v) is 6.71. The Kier molecular flexibility index (Phi) is 4.22. The van der Waals surface area contributed by atoms with E-state index in [2.05, 4.69) is 25.8 Å². The van der Waals surface area contributed by atoms with E-state index >= 15 is 0 Å². The number of aliphatic imine (C=N–C) groups is 1. The second-order valence-electron chi connectivity index (χ2n) is 6.71. The Bertz CT molecular complexity index is 952. The third-order valence-corrected chi connectivity index (χ3v) is 5.00. The topological polar surface area (TPSA) is 130 Å². The van der Waals surface area contributed by atoms with E-state index in [9.17, 15) is 23.1 Å². The Morgan fingerprint density at radius 1 is 1.32 bits per heavy atom. The van der Waals surface area contributed by atoms with Gasteiger partial charge in [0.15, 0.2) is 41.0 Å². The van der Waals surface area contributed by atoms with Gasteiger partial charge < -0.3 is 21.5 Å². The van der Waals surface area contributed by atoms with Crippen LogP contribution in [0.15, 0.2) is 23.3 Å². The van der Waals surface area contributed by atoms with Gasteiger partial charge in [-0.3, -0.25) is 4.79 Å².